The van der Waals surface area contributed by atoms with Gasteiger partial charge in [0, 0.05) is 18.8 Å². The van der Waals surface area contributed by atoms with E-state index in [4.69, 9.17) is 17.3 Å². The van der Waals surface area contributed by atoms with Crippen molar-refractivity contribution in [2.24, 2.45) is 5.73 Å². The Bertz CT molecular complexity index is 451. The van der Waals surface area contributed by atoms with E-state index in [0.717, 1.165) is 5.69 Å². The van der Waals surface area contributed by atoms with Gasteiger partial charge in [-0.05, 0) is 19.1 Å². The average Bonchev–Trinajstić information content (AvgIpc) is 2.27. The third kappa shape index (κ3) is 4.68. The van der Waals surface area contributed by atoms with Crippen LogP contribution in [-0.4, -0.2) is 36.4 Å². The molecule has 0 saturated heterocycles. The first kappa shape index (κ1) is 14.4. The lowest BCUT2D eigenvalue weighted by Crippen LogP contribution is -2.36. The smallest absolute Gasteiger partial charge is 0.254 e. The Hall–Kier alpha value is -1.66. The molecule has 0 radical (unpaired) electrons. The topological polar surface area (TPSA) is 97.1 Å². The van der Waals surface area contributed by atoms with E-state index in [-0.39, 0.29) is 17.6 Å². The zero-order valence-electron chi connectivity index (χ0n) is 10.00. The highest BCUT2D eigenvalue weighted by Crippen LogP contribution is 2.12. The molecule has 18 heavy (non-hydrogen) atoms. The van der Waals surface area contributed by atoms with Crippen molar-refractivity contribution in [2.45, 2.75) is 6.92 Å². The molecule has 1 rings (SSSR count). The number of amides is 2. The standard InChI is InChI=1S/C11H15ClN4O2/c1-7-2-3-8(10(12)16-7)11(18)15-5-4-14-6-9(13)17/h2-3,14H,4-6H2,1H3,(H2,13,17)(H,15,18). The fourth-order valence-corrected chi connectivity index (χ4v) is 1.55. The predicted molar refractivity (Wildman–Crippen MR) is 68.4 cm³/mol. The fourth-order valence-electron chi connectivity index (χ4n) is 1.27. The van der Waals surface area contributed by atoms with Gasteiger partial charge in [0.15, 0.2) is 0 Å². The zero-order chi connectivity index (χ0) is 13.5. The van der Waals surface area contributed by atoms with Gasteiger partial charge in [0.2, 0.25) is 5.91 Å². The molecule has 0 unspecified atom stereocenters. The lowest BCUT2D eigenvalue weighted by atomic mass is 10.2. The van der Waals surface area contributed by atoms with E-state index >= 15 is 0 Å². The van der Waals surface area contributed by atoms with Crippen molar-refractivity contribution in [1.29, 1.82) is 0 Å². The molecule has 0 aliphatic heterocycles. The molecule has 0 fully saturated rings. The molecule has 0 bridgehead atoms. The average molecular weight is 271 g/mol. The van der Waals surface area contributed by atoms with Crippen LogP contribution in [0.25, 0.3) is 0 Å². The summed E-state index contributed by atoms with van der Waals surface area (Å²) in [6.07, 6.45) is 0. The summed E-state index contributed by atoms with van der Waals surface area (Å²) in [7, 11) is 0. The van der Waals surface area contributed by atoms with Crippen LogP contribution >= 0.6 is 11.6 Å². The minimum atomic E-state index is -0.438. The van der Waals surface area contributed by atoms with Crippen LogP contribution in [-0.2, 0) is 4.79 Å². The van der Waals surface area contributed by atoms with E-state index in [1.54, 1.807) is 19.1 Å². The number of nitrogens with two attached hydrogens (primary N) is 1. The monoisotopic (exact) mass is 270 g/mol. The molecule has 0 aliphatic carbocycles. The van der Waals surface area contributed by atoms with Gasteiger partial charge < -0.3 is 16.4 Å². The van der Waals surface area contributed by atoms with Crippen LogP contribution < -0.4 is 16.4 Å². The fraction of sp³-hybridized carbons (Fsp3) is 0.364. The molecule has 0 aliphatic rings. The van der Waals surface area contributed by atoms with Crippen LogP contribution in [0.5, 0.6) is 0 Å². The number of nitrogens with one attached hydrogen (secondary N) is 2. The quantitative estimate of drug-likeness (QED) is 0.495. The van der Waals surface area contributed by atoms with E-state index in [0.29, 0.717) is 18.7 Å². The Morgan fingerprint density at radius 2 is 2.11 bits per heavy atom. The van der Waals surface area contributed by atoms with Crippen LogP contribution in [0.1, 0.15) is 16.1 Å². The molecule has 98 valence electrons. The molecule has 2 amide bonds. The van der Waals surface area contributed by atoms with Crippen LogP contribution in [0.4, 0.5) is 0 Å². The van der Waals surface area contributed by atoms with Crippen molar-refractivity contribution in [3.63, 3.8) is 0 Å². The van der Waals surface area contributed by atoms with E-state index in [1.807, 2.05) is 0 Å². The molecule has 1 aromatic heterocycles. The van der Waals surface area contributed by atoms with Gasteiger partial charge in [-0.2, -0.15) is 0 Å². The normalized spacial score (nSPS) is 10.1. The number of primary amides is 1. The van der Waals surface area contributed by atoms with Gasteiger partial charge >= 0.3 is 0 Å². The molecule has 1 aromatic rings. The number of rotatable bonds is 6. The number of hydrogen-bond acceptors (Lipinski definition) is 4. The Balaban J connectivity index is 2.39. The molecule has 0 aromatic carbocycles. The number of carbonyl (C=O) groups is 2. The van der Waals surface area contributed by atoms with Crippen molar-refractivity contribution in [3.8, 4) is 0 Å². The SMILES string of the molecule is Cc1ccc(C(=O)NCCNCC(N)=O)c(Cl)n1. The zero-order valence-corrected chi connectivity index (χ0v) is 10.8. The second-order valence-electron chi connectivity index (χ2n) is 3.69. The van der Waals surface area contributed by atoms with E-state index in [1.165, 1.54) is 0 Å². The highest BCUT2D eigenvalue weighted by molar-refractivity contribution is 6.32. The Labute approximate surface area is 110 Å². The number of nitrogens with zero attached hydrogens (tertiary/aromatic N) is 1. The summed E-state index contributed by atoms with van der Waals surface area (Å²) in [5, 5.41) is 5.61. The van der Waals surface area contributed by atoms with Crippen LogP contribution in [0, 0.1) is 6.92 Å². The van der Waals surface area contributed by atoms with Gasteiger partial charge in [0.1, 0.15) is 5.15 Å². The Morgan fingerprint density at radius 3 is 2.72 bits per heavy atom. The second kappa shape index (κ2) is 6.93. The van der Waals surface area contributed by atoms with Crippen molar-refractivity contribution in [1.82, 2.24) is 15.6 Å². The summed E-state index contributed by atoms with van der Waals surface area (Å²) >= 11 is 5.86. The lowest BCUT2D eigenvalue weighted by Gasteiger charge is -2.07. The number of aryl methyl sites for hydroxylation is 1. The highest BCUT2D eigenvalue weighted by atomic mass is 35.5. The van der Waals surface area contributed by atoms with Gasteiger partial charge in [-0.1, -0.05) is 11.6 Å². The maximum absolute atomic E-state index is 11.7. The predicted octanol–water partition coefficient (Wildman–Crippen LogP) is -0.152. The molecule has 0 spiro atoms. The lowest BCUT2D eigenvalue weighted by molar-refractivity contribution is -0.117. The number of carbonyl (C=O) groups excluding carboxylic acids is 2. The third-order valence-electron chi connectivity index (χ3n) is 2.12. The Morgan fingerprint density at radius 1 is 1.39 bits per heavy atom. The van der Waals surface area contributed by atoms with Gasteiger partial charge in [0.25, 0.3) is 5.91 Å². The van der Waals surface area contributed by atoms with Crippen LogP contribution in [0.15, 0.2) is 12.1 Å². The summed E-state index contributed by atoms with van der Waals surface area (Å²) in [5.41, 5.74) is 6.03. The second-order valence-corrected chi connectivity index (χ2v) is 4.05. The van der Waals surface area contributed by atoms with Gasteiger partial charge in [0.05, 0.1) is 12.1 Å². The molecule has 0 saturated carbocycles. The van der Waals surface area contributed by atoms with E-state index < -0.39 is 5.91 Å². The first-order valence-corrected chi connectivity index (χ1v) is 5.79. The Kier molecular flexibility index (Phi) is 5.54. The maximum Gasteiger partial charge on any atom is 0.254 e. The third-order valence-corrected chi connectivity index (χ3v) is 2.41. The molecule has 0 atom stereocenters. The van der Waals surface area contributed by atoms with Crippen molar-refractivity contribution in [2.75, 3.05) is 19.6 Å². The van der Waals surface area contributed by atoms with Gasteiger partial charge in [-0.3, -0.25) is 9.59 Å². The van der Waals surface area contributed by atoms with Crippen LogP contribution in [0.3, 0.4) is 0 Å². The van der Waals surface area contributed by atoms with Gasteiger partial charge in [-0.15, -0.1) is 0 Å². The number of hydrogen-bond donors (Lipinski definition) is 3. The number of pyridine rings is 1. The van der Waals surface area contributed by atoms with Gasteiger partial charge in [-0.25, -0.2) is 4.98 Å². The summed E-state index contributed by atoms with van der Waals surface area (Å²) in [4.78, 5) is 26.1. The van der Waals surface area contributed by atoms with Crippen molar-refractivity contribution in [3.05, 3.63) is 28.5 Å². The molecule has 1 heterocycles. The van der Waals surface area contributed by atoms with Crippen molar-refractivity contribution >= 4 is 23.4 Å². The summed E-state index contributed by atoms with van der Waals surface area (Å²) in [6.45, 7) is 2.70. The minimum Gasteiger partial charge on any atom is -0.369 e. The van der Waals surface area contributed by atoms with Crippen molar-refractivity contribution < 1.29 is 9.59 Å². The molecule has 4 N–H and O–H groups in total. The molecule has 7 heteroatoms. The molecular weight excluding hydrogens is 256 g/mol. The van der Waals surface area contributed by atoms with E-state index in [2.05, 4.69) is 15.6 Å². The molecular formula is C11H15ClN4O2. The summed E-state index contributed by atoms with van der Waals surface area (Å²) in [5.74, 6) is -0.736. The largest absolute Gasteiger partial charge is 0.369 e. The van der Waals surface area contributed by atoms with Crippen LogP contribution in [0.2, 0.25) is 5.15 Å². The maximum atomic E-state index is 11.7. The first-order chi connectivity index (χ1) is 8.50. The summed E-state index contributed by atoms with van der Waals surface area (Å²) < 4.78 is 0. The summed E-state index contributed by atoms with van der Waals surface area (Å²) in [6, 6.07) is 3.34. The first-order valence-electron chi connectivity index (χ1n) is 5.41. The van der Waals surface area contributed by atoms with E-state index in [9.17, 15) is 9.59 Å². The molecule has 6 nitrogen and oxygen atoms in total. The number of halogens is 1. The minimum absolute atomic E-state index is 0.0860. The number of aromatic nitrogens is 1. The highest BCUT2D eigenvalue weighted by Gasteiger charge is 2.10.